The topological polar surface area (TPSA) is 186 Å². The summed E-state index contributed by atoms with van der Waals surface area (Å²) in [6.07, 6.45) is 0.973. The number of benzene rings is 1. The van der Waals surface area contributed by atoms with Gasteiger partial charge in [-0.1, -0.05) is 45.0 Å². The summed E-state index contributed by atoms with van der Waals surface area (Å²) in [5.41, 5.74) is -1.47. The molecule has 1 saturated heterocycles. The number of sulfonamides is 1. The van der Waals surface area contributed by atoms with Gasteiger partial charge < -0.3 is 25.0 Å². The van der Waals surface area contributed by atoms with Gasteiger partial charge in [0.15, 0.2) is 0 Å². The number of para-hydroxylation sites is 2. The van der Waals surface area contributed by atoms with E-state index in [0.717, 1.165) is 4.88 Å². The third-order valence-electron chi connectivity index (χ3n) is 9.44. The molecular weight excluding hydrogens is 721 g/mol. The monoisotopic (exact) mass is 766 g/mol. The number of ether oxygens (including phenoxy) is 2. The number of aromatic nitrogens is 2. The van der Waals surface area contributed by atoms with Gasteiger partial charge in [-0.25, -0.2) is 23.2 Å². The summed E-state index contributed by atoms with van der Waals surface area (Å²) in [4.78, 5) is 67.2. The lowest BCUT2D eigenvalue weighted by molar-refractivity contribution is -0.143. The number of carbonyl (C=O) groups is 4. The van der Waals surface area contributed by atoms with Crippen LogP contribution < -0.4 is 20.1 Å². The highest BCUT2D eigenvalue weighted by Crippen LogP contribution is 2.46. The molecule has 14 nitrogen and oxygen atoms in total. The van der Waals surface area contributed by atoms with Crippen molar-refractivity contribution in [1.29, 1.82) is 0 Å². The third kappa shape index (κ3) is 8.33. The van der Waals surface area contributed by atoms with Crippen molar-refractivity contribution in [1.82, 2.24) is 30.2 Å². The van der Waals surface area contributed by atoms with Crippen molar-refractivity contribution in [3.05, 3.63) is 54.4 Å². The zero-order chi connectivity index (χ0) is 38.5. The van der Waals surface area contributed by atoms with Crippen molar-refractivity contribution >= 4 is 56.2 Å². The Kier molecular flexibility index (Phi) is 10.1. The second-order valence-electron chi connectivity index (χ2n) is 16.0. The number of fused-ring (bicyclic) bond motifs is 1. The quantitative estimate of drug-likeness (QED) is 0.238. The van der Waals surface area contributed by atoms with Gasteiger partial charge in [0.05, 0.1) is 27.7 Å². The highest BCUT2D eigenvalue weighted by molar-refractivity contribution is 7.91. The SMILES string of the molecule is C=C[C@@H]1CC1(NC(=O)[C@@H]1C[C@@H](Oc2nc3ccccc3nc2-c2cccs2)CN1C(=O)[C@@H](NC(=O)OC(C)(C)C)C(C)(C)C)C(=O)NS(=O)(=O)C1CC1. The molecule has 3 aliphatic rings. The average molecular weight is 767 g/mol. The van der Waals surface area contributed by atoms with Crippen LogP contribution in [0.4, 0.5) is 4.79 Å². The number of hydrogen-bond donors (Lipinski definition) is 3. The Hall–Kier alpha value is -4.57. The molecule has 3 N–H and O–H groups in total. The molecule has 2 saturated carbocycles. The molecule has 16 heteroatoms. The van der Waals surface area contributed by atoms with Crippen molar-refractivity contribution in [3.8, 4) is 16.5 Å². The van der Waals surface area contributed by atoms with Gasteiger partial charge >= 0.3 is 6.09 Å². The summed E-state index contributed by atoms with van der Waals surface area (Å²) < 4.78 is 39.6. The fourth-order valence-electron chi connectivity index (χ4n) is 6.43. The molecule has 284 valence electrons. The Bertz CT molecular complexity index is 2040. The highest BCUT2D eigenvalue weighted by atomic mass is 32.2. The molecule has 3 fully saturated rings. The molecule has 4 amide bonds. The van der Waals surface area contributed by atoms with E-state index in [1.165, 1.54) is 22.3 Å². The van der Waals surface area contributed by atoms with E-state index in [2.05, 4.69) is 21.9 Å². The molecule has 0 spiro atoms. The molecule has 0 bridgehead atoms. The molecule has 3 aromatic rings. The Balaban J connectivity index is 1.32. The zero-order valence-electron chi connectivity index (χ0n) is 30.7. The fraction of sp³-hybridized carbons (Fsp3) is 0.514. The second-order valence-corrected chi connectivity index (χ2v) is 18.9. The van der Waals surface area contributed by atoms with Gasteiger partial charge in [0, 0.05) is 12.3 Å². The minimum absolute atomic E-state index is 0.00388. The van der Waals surface area contributed by atoms with E-state index < -0.39 is 79.7 Å². The van der Waals surface area contributed by atoms with E-state index in [4.69, 9.17) is 19.4 Å². The largest absolute Gasteiger partial charge is 0.471 e. The summed E-state index contributed by atoms with van der Waals surface area (Å²) in [6.45, 7) is 14.2. The first-order valence-electron chi connectivity index (χ1n) is 17.6. The standard InChI is InChI=1S/C37H46N6O8S2/c1-8-21-19-37(21,33(46)42-53(48,49)23-15-16-23)41-30(44)26-18-22(20-43(26)32(45)29(35(2,3)4)40-34(47)51-36(5,6)7)50-31-28(27-14-11-17-52-27)38-24-12-9-10-13-25(24)39-31/h8-14,17,21-23,26,29H,1,15-16,18-20H2,2-7H3,(H,40,47)(H,41,44)(H,42,46)/t21-,22-,26+,29-,37?/m1/s1. The van der Waals surface area contributed by atoms with Gasteiger partial charge in [-0.2, -0.15) is 0 Å². The molecule has 1 aliphatic heterocycles. The Labute approximate surface area is 313 Å². The predicted molar refractivity (Wildman–Crippen MR) is 199 cm³/mol. The molecule has 1 unspecified atom stereocenters. The van der Waals surface area contributed by atoms with Crippen LogP contribution in [0.1, 0.15) is 67.2 Å². The number of rotatable bonds is 11. The Morgan fingerprint density at radius 2 is 1.72 bits per heavy atom. The lowest BCUT2D eigenvalue weighted by Gasteiger charge is -2.36. The number of likely N-dealkylation sites (tertiary alicyclic amines) is 1. The van der Waals surface area contributed by atoms with E-state index in [-0.39, 0.29) is 25.3 Å². The van der Waals surface area contributed by atoms with E-state index in [0.29, 0.717) is 29.6 Å². The third-order valence-corrected chi connectivity index (χ3v) is 12.1. The molecule has 3 heterocycles. The van der Waals surface area contributed by atoms with Crippen molar-refractivity contribution in [2.24, 2.45) is 11.3 Å². The first kappa shape index (κ1) is 38.2. The second kappa shape index (κ2) is 14.0. The maximum absolute atomic E-state index is 14.6. The van der Waals surface area contributed by atoms with E-state index >= 15 is 0 Å². The van der Waals surface area contributed by atoms with Crippen LogP contribution in [0.15, 0.2) is 54.4 Å². The van der Waals surface area contributed by atoms with Crippen molar-refractivity contribution in [3.63, 3.8) is 0 Å². The molecule has 2 aromatic heterocycles. The molecule has 53 heavy (non-hydrogen) atoms. The minimum atomic E-state index is -3.91. The van der Waals surface area contributed by atoms with Gasteiger partial charge in [-0.05, 0) is 69.0 Å². The average Bonchev–Trinajstić information content (AvgIpc) is 3.94. The zero-order valence-corrected chi connectivity index (χ0v) is 32.3. The van der Waals surface area contributed by atoms with Gasteiger partial charge in [0.2, 0.25) is 27.7 Å². The van der Waals surface area contributed by atoms with Gasteiger partial charge in [-0.3, -0.25) is 19.1 Å². The molecule has 1 aromatic carbocycles. The molecule has 5 atom stereocenters. The van der Waals surface area contributed by atoms with Gasteiger partial charge in [0.1, 0.15) is 35.0 Å². The maximum Gasteiger partial charge on any atom is 0.408 e. The van der Waals surface area contributed by atoms with E-state index in [1.807, 2.05) is 41.8 Å². The normalized spacial score (nSPS) is 23.5. The maximum atomic E-state index is 14.6. The van der Waals surface area contributed by atoms with Gasteiger partial charge in [0.25, 0.3) is 5.91 Å². The van der Waals surface area contributed by atoms with Crippen LogP contribution in [0.3, 0.4) is 0 Å². The van der Waals surface area contributed by atoms with E-state index in [1.54, 1.807) is 41.5 Å². The lowest BCUT2D eigenvalue weighted by Crippen LogP contribution is -2.60. The van der Waals surface area contributed by atoms with Crippen molar-refractivity contribution < 1.29 is 37.1 Å². The molecule has 6 rings (SSSR count). The van der Waals surface area contributed by atoms with Crippen molar-refractivity contribution in [2.75, 3.05) is 6.54 Å². The van der Waals surface area contributed by atoms with Crippen LogP contribution in [-0.4, -0.2) is 88.2 Å². The number of hydrogen-bond acceptors (Lipinski definition) is 11. The summed E-state index contributed by atoms with van der Waals surface area (Å²) in [6, 6.07) is 8.84. The number of amides is 4. The smallest absolute Gasteiger partial charge is 0.408 e. The summed E-state index contributed by atoms with van der Waals surface area (Å²) in [5.74, 6) is -2.41. The Morgan fingerprint density at radius 3 is 2.28 bits per heavy atom. The molecular formula is C37H46N6O8S2. The molecule has 0 radical (unpaired) electrons. The van der Waals surface area contributed by atoms with Gasteiger partial charge in [-0.15, -0.1) is 17.9 Å². The highest BCUT2D eigenvalue weighted by Gasteiger charge is 2.62. The van der Waals surface area contributed by atoms with E-state index in [9.17, 15) is 27.6 Å². The summed E-state index contributed by atoms with van der Waals surface area (Å²) in [7, 11) is -3.91. The van der Waals surface area contributed by atoms with Crippen LogP contribution in [0.2, 0.25) is 0 Å². The minimum Gasteiger partial charge on any atom is -0.471 e. The van der Waals surface area contributed by atoms with Crippen molar-refractivity contribution in [2.45, 2.75) is 102 Å². The van der Waals surface area contributed by atoms with Crippen LogP contribution in [0, 0.1) is 11.3 Å². The predicted octanol–water partition coefficient (Wildman–Crippen LogP) is 4.32. The number of carbonyl (C=O) groups excluding carboxylic acids is 4. The lowest BCUT2D eigenvalue weighted by atomic mass is 9.85. The number of nitrogens with zero attached hydrogens (tertiary/aromatic N) is 3. The summed E-state index contributed by atoms with van der Waals surface area (Å²) in [5, 5.41) is 6.77. The first-order valence-corrected chi connectivity index (χ1v) is 20.0. The van der Waals surface area contributed by atoms with Crippen LogP contribution in [-0.2, 0) is 29.1 Å². The molecule has 2 aliphatic carbocycles. The fourth-order valence-corrected chi connectivity index (χ4v) is 8.50. The summed E-state index contributed by atoms with van der Waals surface area (Å²) >= 11 is 1.46. The number of thiophene rings is 1. The van der Waals surface area contributed by atoms with Crippen LogP contribution in [0.5, 0.6) is 5.88 Å². The first-order chi connectivity index (χ1) is 24.8. The van der Waals surface area contributed by atoms with Crippen LogP contribution in [0.25, 0.3) is 21.6 Å². The Morgan fingerprint density at radius 1 is 1.04 bits per heavy atom. The van der Waals surface area contributed by atoms with Crippen LogP contribution >= 0.6 is 11.3 Å². The number of alkyl carbamates (subject to hydrolysis) is 1. The number of nitrogens with one attached hydrogen (secondary N) is 3.